The Morgan fingerprint density at radius 1 is 1.05 bits per heavy atom. The molecule has 0 spiro atoms. The lowest BCUT2D eigenvalue weighted by atomic mass is 10.1. The van der Waals surface area contributed by atoms with E-state index >= 15 is 0 Å². The zero-order valence-corrected chi connectivity index (χ0v) is 12.1. The van der Waals surface area contributed by atoms with Crippen molar-refractivity contribution in [3.05, 3.63) is 36.4 Å². The zero-order valence-electron chi connectivity index (χ0n) is 11.3. The largest absolute Gasteiger partial charge is 0.377 e. The summed E-state index contributed by atoms with van der Waals surface area (Å²) >= 11 is 0. The number of benzene rings is 2. The standard InChI is InChI=1S/C14H17NO3S/c1-4-18-19(16,17)14-10-6-7-11-12(14)8-5-9-13(11)15(2)3/h5-10H,4H2,1-3H3. The highest BCUT2D eigenvalue weighted by Crippen LogP contribution is 2.30. The van der Waals surface area contributed by atoms with Gasteiger partial charge in [-0.05, 0) is 19.1 Å². The highest BCUT2D eigenvalue weighted by molar-refractivity contribution is 7.87. The number of rotatable bonds is 4. The van der Waals surface area contributed by atoms with Crippen LogP contribution in [0.4, 0.5) is 5.69 Å². The highest BCUT2D eigenvalue weighted by Gasteiger charge is 2.18. The number of anilines is 1. The van der Waals surface area contributed by atoms with E-state index in [-0.39, 0.29) is 11.5 Å². The molecule has 2 aromatic rings. The smallest absolute Gasteiger partial charge is 0.297 e. The Labute approximate surface area is 113 Å². The summed E-state index contributed by atoms with van der Waals surface area (Å²) in [7, 11) is 0.160. The predicted molar refractivity (Wildman–Crippen MR) is 77.1 cm³/mol. The van der Waals surface area contributed by atoms with Crippen LogP contribution >= 0.6 is 0 Å². The summed E-state index contributed by atoms with van der Waals surface area (Å²) in [5.41, 5.74) is 0.978. The van der Waals surface area contributed by atoms with Crippen LogP contribution in [0, 0.1) is 0 Å². The minimum Gasteiger partial charge on any atom is -0.377 e. The van der Waals surface area contributed by atoms with E-state index < -0.39 is 10.1 Å². The van der Waals surface area contributed by atoms with Gasteiger partial charge in [-0.2, -0.15) is 8.42 Å². The van der Waals surface area contributed by atoms with E-state index in [0.29, 0.717) is 5.39 Å². The molecule has 0 amide bonds. The minimum absolute atomic E-state index is 0.131. The van der Waals surface area contributed by atoms with Crippen LogP contribution in [-0.4, -0.2) is 29.1 Å². The van der Waals surface area contributed by atoms with Crippen molar-refractivity contribution in [2.45, 2.75) is 11.8 Å². The maximum Gasteiger partial charge on any atom is 0.297 e. The fourth-order valence-corrected chi connectivity index (χ4v) is 3.22. The third kappa shape index (κ3) is 2.57. The van der Waals surface area contributed by atoms with Gasteiger partial charge in [0, 0.05) is 30.6 Å². The van der Waals surface area contributed by atoms with Crippen molar-refractivity contribution < 1.29 is 12.6 Å². The molecule has 19 heavy (non-hydrogen) atoms. The van der Waals surface area contributed by atoms with E-state index in [1.807, 2.05) is 37.2 Å². The van der Waals surface area contributed by atoms with E-state index in [1.165, 1.54) is 0 Å². The van der Waals surface area contributed by atoms with Gasteiger partial charge in [-0.15, -0.1) is 0 Å². The van der Waals surface area contributed by atoms with Crippen molar-refractivity contribution in [3.63, 3.8) is 0 Å². The summed E-state index contributed by atoms with van der Waals surface area (Å²) in [5, 5.41) is 1.58. The molecule has 0 aromatic heterocycles. The Balaban J connectivity index is 2.75. The summed E-state index contributed by atoms with van der Waals surface area (Å²) in [6.45, 7) is 1.79. The van der Waals surface area contributed by atoms with Gasteiger partial charge in [0.25, 0.3) is 10.1 Å². The Morgan fingerprint density at radius 3 is 2.32 bits per heavy atom. The molecular weight excluding hydrogens is 262 g/mol. The molecule has 0 radical (unpaired) electrons. The lowest BCUT2D eigenvalue weighted by molar-refractivity contribution is 0.338. The summed E-state index contributed by atoms with van der Waals surface area (Å²) in [4.78, 5) is 2.18. The van der Waals surface area contributed by atoms with Crippen LogP contribution in [0.15, 0.2) is 41.3 Å². The monoisotopic (exact) mass is 279 g/mol. The third-order valence-corrected chi connectivity index (χ3v) is 4.32. The first kappa shape index (κ1) is 13.8. The number of fused-ring (bicyclic) bond motifs is 1. The Bertz CT molecular complexity index is 693. The molecular formula is C14H17NO3S. The van der Waals surface area contributed by atoms with Gasteiger partial charge in [0.1, 0.15) is 4.90 Å². The van der Waals surface area contributed by atoms with Crippen LogP contribution in [0.1, 0.15) is 6.92 Å². The van der Waals surface area contributed by atoms with E-state index in [2.05, 4.69) is 0 Å². The van der Waals surface area contributed by atoms with Crippen molar-refractivity contribution in [3.8, 4) is 0 Å². The highest BCUT2D eigenvalue weighted by atomic mass is 32.2. The Kier molecular flexibility index (Phi) is 3.78. The van der Waals surface area contributed by atoms with Gasteiger partial charge in [0.15, 0.2) is 0 Å². The Hall–Kier alpha value is -1.59. The first-order chi connectivity index (χ1) is 8.97. The van der Waals surface area contributed by atoms with Gasteiger partial charge in [-0.3, -0.25) is 4.18 Å². The molecule has 0 N–H and O–H groups in total. The minimum atomic E-state index is -3.70. The van der Waals surface area contributed by atoms with Gasteiger partial charge in [-0.1, -0.05) is 24.3 Å². The topological polar surface area (TPSA) is 46.6 Å². The molecule has 102 valence electrons. The van der Waals surface area contributed by atoms with E-state index in [4.69, 9.17) is 4.18 Å². The Morgan fingerprint density at radius 2 is 1.68 bits per heavy atom. The average molecular weight is 279 g/mol. The molecule has 0 atom stereocenters. The van der Waals surface area contributed by atoms with Gasteiger partial charge in [0.2, 0.25) is 0 Å². The quantitative estimate of drug-likeness (QED) is 0.807. The van der Waals surface area contributed by atoms with Crippen LogP contribution < -0.4 is 4.90 Å². The van der Waals surface area contributed by atoms with Crippen molar-refractivity contribution in [2.24, 2.45) is 0 Å². The van der Waals surface area contributed by atoms with Gasteiger partial charge in [0.05, 0.1) is 6.61 Å². The maximum absolute atomic E-state index is 12.1. The van der Waals surface area contributed by atoms with Crippen molar-refractivity contribution >= 4 is 26.6 Å². The fourth-order valence-electron chi connectivity index (χ4n) is 2.09. The van der Waals surface area contributed by atoms with Gasteiger partial charge >= 0.3 is 0 Å². The zero-order chi connectivity index (χ0) is 14.0. The third-order valence-electron chi connectivity index (χ3n) is 2.88. The molecule has 5 heteroatoms. The molecule has 0 unspecified atom stereocenters. The lowest BCUT2D eigenvalue weighted by Crippen LogP contribution is -2.10. The molecule has 0 aliphatic rings. The number of hydrogen-bond acceptors (Lipinski definition) is 4. The lowest BCUT2D eigenvalue weighted by Gasteiger charge is -2.16. The van der Waals surface area contributed by atoms with Crippen LogP contribution in [0.5, 0.6) is 0 Å². The van der Waals surface area contributed by atoms with Crippen molar-refractivity contribution in [1.29, 1.82) is 0 Å². The second-order valence-corrected chi connectivity index (χ2v) is 5.97. The second-order valence-electron chi connectivity index (χ2n) is 4.38. The van der Waals surface area contributed by atoms with Crippen LogP contribution in [0.25, 0.3) is 10.8 Å². The predicted octanol–water partition coefficient (Wildman–Crippen LogP) is 2.63. The summed E-state index contributed by atoms with van der Waals surface area (Å²) in [6.07, 6.45) is 0. The maximum atomic E-state index is 12.1. The molecule has 0 saturated heterocycles. The normalized spacial score (nSPS) is 11.7. The first-order valence-electron chi connectivity index (χ1n) is 6.06. The molecule has 4 nitrogen and oxygen atoms in total. The second kappa shape index (κ2) is 5.19. The molecule has 0 aliphatic carbocycles. The summed E-state index contributed by atoms with van der Waals surface area (Å²) in [5.74, 6) is 0. The van der Waals surface area contributed by atoms with Crippen molar-refractivity contribution in [2.75, 3.05) is 25.6 Å². The fraction of sp³-hybridized carbons (Fsp3) is 0.286. The summed E-state index contributed by atoms with van der Waals surface area (Å²) < 4.78 is 29.1. The van der Waals surface area contributed by atoms with E-state index in [1.54, 1.807) is 25.1 Å². The molecule has 0 bridgehead atoms. The van der Waals surface area contributed by atoms with Gasteiger partial charge < -0.3 is 4.90 Å². The number of nitrogens with zero attached hydrogens (tertiary/aromatic N) is 1. The summed E-state index contributed by atoms with van der Waals surface area (Å²) in [6, 6.07) is 10.8. The molecule has 0 saturated carbocycles. The molecule has 0 fully saturated rings. The van der Waals surface area contributed by atoms with Crippen LogP contribution in [0.2, 0.25) is 0 Å². The first-order valence-corrected chi connectivity index (χ1v) is 7.46. The molecule has 2 aromatic carbocycles. The molecule has 0 aliphatic heterocycles. The molecule has 0 heterocycles. The average Bonchev–Trinajstić information content (AvgIpc) is 2.37. The van der Waals surface area contributed by atoms with Crippen LogP contribution in [0.3, 0.4) is 0 Å². The van der Waals surface area contributed by atoms with E-state index in [9.17, 15) is 8.42 Å². The SMILES string of the molecule is CCOS(=O)(=O)c1cccc2c(N(C)C)cccc12. The van der Waals surface area contributed by atoms with Crippen molar-refractivity contribution in [1.82, 2.24) is 0 Å². The van der Waals surface area contributed by atoms with Gasteiger partial charge in [-0.25, -0.2) is 0 Å². The van der Waals surface area contributed by atoms with Crippen LogP contribution in [-0.2, 0) is 14.3 Å². The molecule has 2 rings (SSSR count). The number of hydrogen-bond donors (Lipinski definition) is 0. The van der Waals surface area contributed by atoms with E-state index in [0.717, 1.165) is 11.1 Å².